The van der Waals surface area contributed by atoms with Crippen molar-refractivity contribution in [2.75, 3.05) is 0 Å². The monoisotopic (exact) mass is 304 g/mol. The van der Waals surface area contributed by atoms with E-state index in [4.69, 9.17) is 0 Å². The number of pyridine rings is 1. The third kappa shape index (κ3) is 3.65. The van der Waals surface area contributed by atoms with Gasteiger partial charge in [0.25, 0.3) is 0 Å². The zero-order chi connectivity index (χ0) is 13.0. The number of benzene rings is 1. The molecule has 1 aromatic heterocycles. The van der Waals surface area contributed by atoms with Gasteiger partial charge in [-0.15, -0.1) is 0 Å². The van der Waals surface area contributed by atoms with E-state index in [1.54, 1.807) is 0 Å². The fourth-order valence-electron chi connectivity index (χ4n) is 1.83. The van der Waals surface area contributed by atoms with Gasteiger partial charge >= 0.3 is 0 Å². The first kappa shape index (κ1) is 13.2. The predicted octanol–water partition coefficient (Wildman–Crippen LogP) is 4.00. The van der Waals surface area contributed by atoms with Crippen LogP contribution in [0, 0.1) is 6.92 Å². The molecule has 0 radical (unpaired) electrons. The number of hydrogen-bond donors (Lipinski definition) is 1. The number of hydrogen-bond acceptors (Lipinski definition) is 2. The summed E-state index contributed by atoms with van der Waals surface area (Å²) in [6, 6.07) is 13.0. The van der Waals surface area contributed by atoms with Gasteiger partial charge in [0.1, 0.15) is 0 Å². The maximum atomic E-state index is 4.35. The van der Waals surface area contributed by atoms with Gasteiger partial charge in [0.2, 0.25) is 0 Å². The quantitative estimate of drug-likeness (QED) is 0.923. The molecule has 0 saturated carbocycles. The molecule has 2 aromatic rings. The van der Waals surface area contributed by atoms with Crippen molar-refractivity contribution in [3.05, 3.63) is 63.9 Å². The van der Waals surface area contributed by atoms with E-state index in [1.807, 2.05) is 18.3 Å². The van der Waals surface area contributed by atoms with Gasteiger partial charge in [-0.25, -0.2) is 0 Å². The van der Waals surface area contributed by atoms with E-state index < -0.39 is 0 Å². The number of aromatic nitrogens is 1. The molecule has 18 heavy (non-hydrogen) atoms. The Morgan fingerprint density at radius 3 is 2.78 bits per heavy atom. The van der Waals surface area contributed by atoms with Crippen LogP contribution in [0.4, 0.5) is 0 Å². The number of aryl methyl sites for hydroxylation is 1. The molecular weight excluding hydrogens is 288 g/mol. The molecule has 1 heterocycles. The zero-order valence-electron chi connectivity index (χ0n) is 10.7. The van der Waals surface area contributed by atoms with Crippen LogP contribution in [0.3, 0.4) is 0 Å². The molecule has 0 saturated heterocycles. The minimum atomic E-state index is 0.329. The van der Waals surface area contributed by atoms with Gasteiger partial charge in [0.05, 0.1) is 5.69 Å². The highest BCUT2D eigenvalue weighted by atomic mass is 79.9. The van der Waals surface area contributed by atoms with E-state index in [1.165, 1.54) is 11.1 Å². The summed E-state index contributed by atoms with van der Waals surface area (Å²) in [5.74, 6) is 0. The van der Waals surface area contributed by atoms with E-state index in [9.17, 15) is 0 Å². The summed E-state index contributed by atoms with van der Waals surface area (Å²) in [5.41, 5.74) is 3.66. The molecule has 1 N–H and O–H groups in total. The summed E-state index contributed by atoms with van der Waals surface area (Å²) < 4.78 is 1.01. The summed E-state index contributed by atoms with van der Waals surface area (Å²) in [5, 5.41) is 3.48. The molecule has 0 spiro atoms. The second kappa shape index (κ2) is 6.12. The topological polar surface area (TPSA) is 24.9 Å². The van der Waals surface area contributed by atoms with Crippen LogP contribution < -0.4 is 5.32 Å². The standard InChI is InChI=1S/C15H17BrN2/c1-11-4-3-5-13(8-11)12(2)17-10-15-7-6-14(16)9-18-15/h3-9,12,17H,10H2,1-2H3/t12-/m1/s1. The number of halogens is 1. The van der Waals surface area contributed by atoms with Crippen LogP contribution >= 0.6 is 15.9 Å². The van der Waals surface area contributed by atoms with Crippen molar-refractivity contribution in [3.8, 4) is 0 Å². The van der Waals surface area contributed by atoms with Gasteiger partial charge in [-0.1, -0.05) is 29.8 Å². The predicted molar refractivity (Wildman–Crippen MR) is 78.4 cm³/mol. The van der Waals surface area contributed by atoms with Crippen LogP contribution in [0.1, 0.15) is 29.8 Å². The SMILES string of the molecule is Cc1cccc([C@@H](C)NCc2ccc(Br)cn2)c1. The summed E-state index contributed by atoms with van der Waals surface area (Å²) in [6.45, 7) is 5.07. The molecule has 0 amide bonds. The average Bonchev–Trinajstić information content (AvgIpc) is 2.38. The highest BCUT2D eigenvalue weighted by molar-refractivity contribution is 9.10. The van der Waals surface area contributed by atoms with Crippen molar-refractivity contribution in [1.29, 1.82) is 0 Å². The lowest BCUT2D eigenvalue weighted by atomic mass is 10.1. The van der Waals surface area contributed by atoms with Crippen LogP contribution in [-0.4, -0.2) is 4.98 Å². The van der Waals surface area contributed by atoms with Gasteiger partial charge in [-0.3, -0.25) is 4.98 Å². The Labute approximate surface area is 117 Å². The van der Waals surface area contributed by atoms with Crippen molar-refractivity contribution in [2.45, 2.75) is 26.4 Å². The van der Waals surface area contributed by atoms with Crippen LogP contribution in [0.5, 0.6) is 0 Å². The number of nitrogens with one attached hydrogen (secondary N) is 1. The molecule has 0 bridgehead atoms. The first-order valence-corrected chi connectivity index (χ1v) is 6.85. The second-order valence-electron chi connectivity index (χ2n) is 4.48. The number of rotatable bonds is 4. The minimum absolute atomic E-state index is 0.329. The molecule has 0 unspecified atom stereocenters. The lowest BCUT2D eigenvalue weighted by Crippen LogP contribution is -2.18. The molecule has 1 atom stereocenters. The third-order valence-corrected chi connectivity index (χ3v) is 3.39. The second-order valence-corrected chi connectivity index (χ2v) is 5.40. The highest BCUT2D eigenvalue weighted by Gasteiger charge is 2.05. The van der Waals surface area contributed by atoms with E-state index in [0.717, 1.165) is 16.7 Å². The smallest absolute Gasteiger partial charge is 0.0542 e. The van der Waals surface area contributed by atoms with Crippen molar-refractivity contribution in [3.63, 3.8) is 0 Å². The maximum absolute atomic E-state index is 4.35. The fraction of sp³-hybridized carbons (Fsp3) is 0.267. The lowest BCUT2D eigenvalue weighted by molar-refractivity contribution is 0.567. The van der Waals surface area contributed by atoms with E-state index in [2.05, 4.69) is 64.3 Å². The Balaban J connectivity index is 1.96. The normalized spacial score (nSPS) is 12.4. The largest absolute Gasteiger partial charge is 0.305 e. The molecule has 0 aliphatic rings. The Hall–Kier alpha value is -1.19. The van der Waals surface area contributed by atoms with Gasteiger partial charge in [0.15, 0.2) is 0 Å². The molecule has 3 heteroatoms. The summed E-state index contributed by atoms with van der Waals surface area (Å²) >= 11 is 3.39. The molecule has 1 aromatic carbocycles. The average molecular weight is 305 g/mol. The van der Waals surface area contributed by atoms with Crippen LogP contribution in [-0.2, 0) is 6.54 Å². The maximum Gasteiger partial charge on any atom is 0.0542 e. The van der Waals surface area contributed by atoms with Gasteiger partial charge in [0, 0.05) is 23.3 Å². The Bertz CT molecular complexity index is 508. The van der Waals surface area contributed by atoms with Gasteiger partial charge < -0.3 is 5.32 Å². The molecule has 94 valence electrons. The van der Waals surface area contributed by atoms with Crippen molar-refractivity contribution in [1.82, 2.24) is 10.3 Å². The van der Waals surface area contributed by atoms with Crippen molar-refractivity contribution < 1.29 is 0 Å². The molecule has 0 aliphatic carbocycles. The van der Waals surface area contributed by atoms with E-state index >= 15 is 0 Å². The lowest BCUT2D eigenvalue weighted by Gasteiger charge is -2.14. The van der Waals surface area contributed by atoms with E-state index in [-0.39, 0.29) is 0 Å². The number of nitrogens with zero attached hydrogens (tertiary/aromatic N) is 1. The molecule has 2 nitrogen and oxygen atoms in total. The Morgan fingerprint density at radius 1 is 1.28 bits per heavy atom. The highest BCUT2D eigenvalue weighted by Crippen LogP contribution is 2.14. The first-order valence-electron chi connectivity index (χ1n) is 6.05. The zero-order valence-corrected chi connectivity index (χ0v) is 12.2. The van der Waals surface area contributed by atoms with Crippen LogP contribution in [0.2, 0.25) is 0 Å². The summed E-state index contributed by atoms with van der Waals surface area (Å²) in [6.07, 6.45) is 1.83. The van der Waals surface area contributed by atoms with Crippen molar-refractivity contribution >= 4 is 15.9 Å². The summed E-state index contributed by atoms with van der Waals surface area (Å²) in [7, 11) is 0. The molecule has 2 rings (SSSR count). The molecular formula is C15H17BrN2. The first-order chi connectivity index (χ1) is 8.65. The minimum Gasteiger partial charge on any atom is -0.305 e. The van der Waals surface area contributed by atoms with E-state index in [0.29, 0.717) is 6.04 Å². The van der Waals surface area contributed by atoms with Crippen molar-refractivity contribution in [2.24, 2.45) is 0 Å². The van der Waals surface area contributed by atoms with Crippen LogP contribution in [0.15, 0.2) is 47.1 Å². The van der Waals surface area contributed by atoms with Crippen LogP contribution in [0.25, 0.3) is 0 Å². The van der Waals surface area contributed by atoms with Gasteiger partial charge in [-0.2, -0.15) is 0 Å². The third-order valence-electron chi connectivity index (χ3n) is 2.92. The summed E-state index contributed by atoms with van der Waals surface area (Å²) in [4.78, 5) is 4.35. The Kier molecular flexibility index (Phi) is 4.50. The molecule has 0 fully saturated rings. The molecule has 0 aliphatic heterocycles. The Morgan fingerprint density at radius 2 is 2.11 bits per heavy atom. The van der Waals surface area contributed by atoms with Gasteiger partial charge in [-0.05, 0) is 47.5 Å². The fourth-order valence-corrected chi connectivity index (χ4v) is 2.06.